The van der Waals surface area contributed by atoms with Crippen molar-refractivity contribution >= 4 is 11.9 Å². The predicted octanol–water partition coefficient (Wildman–Crippen LogP) is 5.16. The average molecular weight is 340 g/mol. The van der Waals surface area contributed by atoms with Gasteiger partial charge in [-0.15, -0.1) is 0 Å². The molecule has 0 aliphatic carbocycles. The molecule has 0 fully saturated rings. The standard InChI is InChI=1S/C21H24O4/c1-3-14(16-9-5-7-11-18(16)20(22)23)13-15(4-2)17-10-6-8-12-19(17)21(24)25/h5-12,14-15H,3-4,13H2,1-2H3,(H,22,23)(H,24,25). The van der Waals surface area contributed by atoms with Crippen LogP contribution in [-0.4, -0.2) is 22.2 Å². The van der Waals surface area contributed by atoms with Gasteiger partial charge in [-0.25, -0.2) is 9.59 Å². The van der Waals surface area contributed by atoms with Crippen LogP contribution in [0.1, 0.15) is 76.8 Å². The second kappa shape index (κ2) is 8.47. The van der Waals surface area contributed by atoms with Crippen molar-refractivity contribution < 1.29 is 19.8 Å². The molecule has 0 aliphatic rings. The molecule has 2 aromatic rings. The molecule has 2 rings (SSSR count). The minimum Gasteiger partial charge on any atom is -0.478 e. The molecule has 25 heavy (non-hydrogen) atoms. The number of carboxylic acid groups (broad SMARTS) is 2. The van der Waals surface area contributed by atoms with Crippen LogP contribution in [0.25, 0.3) is 0 Å². The third kappa shape index (κ3) is 4.27. The van der Waals surface area contributed by atoms with Gasteiger partial charge >= 0.3 is 11.9 Å². The third-order valence-electron chi connectivity index (χ3n) is 4.82. The summed E-state index contributed by atoms with van der Waals surface area (Å²) in [5.74, 6) is -1.71. The highest BCUT2D eigenvalue weighted by Gasteiger charge is 2.24. The average Bonchev–Trinajstić information content (AvgIpc) is 2.63. The van der Waals surface area contributed by atoms with Crippen molar-refractivity contribution in [3.8, 4) is 0 Å². The summed E-state index contributed by atoms with van der Waals surface area (Å²) in [5.41, 5.74) is 2.30. The third-order valence-corrected chi connectivity index (χ3v) is 4.82. The van der Waals surface area contributed by atoms with Crippen molar-refractivity contribution in [2.75, 3.05) is 0 Å². The minimum atomic E-state index is -0.923. The molecule has 0 bridgehead atoms. The van der Waals surface area contributed by atoms with Crippen molar-refractivity contribution in [2.24, 2.45) is 0 Å². The molecule has 4 nitrogen and oxygen atoms in total. The largest absolute Gasteiger partial charge is 0.478 e. The molecule has 2 atom stereocenters. The fourth-order valence-corrected chi connectivity index (χ4v) is 3.47. The lowest BCUT2D eigenvalue weighted by molar-refractivity contribution is 0.0685. The van der Waals surface area contributed by atoms with Gasteiger partial charge in [0.05, 0.1) is 11.1 Å². The van der Waals surface area contributed by atoms with E-state index in [-0.39, 0.29) is 11.8 Å². The molecule has 2 N–H and O–H groups in total. The molecule has 0 aromatic heterocycles. The zero-order chi connectivity index (χ0) is 18.4. The van der Waals surface area contributed by atoms with E-state index in [1.807, 2.05) is 38.1 Å². The topological polar surface area (TPSA) is 74.6 Å². The van der Waals surface area contributed by atoms with E-state index in [9.17, 15) is 19.8 Å². The van der Waals surface area contributed by atoms with Gasteiger partial charge in [0.1, 0.15) is 0 Å². The van der Waals surface area contributed by atoms with E-state index in [0.717, 1.165) is 30.4 Å². The van der Waals surface area contributed by atoms with Gasteiger partial charge in [0.2, 0.25) is 0 Å². The van der Waals surface area contributed by atoms with Crippen LogP contribution >= 0.6 is 0 Å². The van der Waals surface area contributed by atoms with Crippen LogP contribution < -0.4 is 0 Å². The van der Waals surface area contributed by atoms with E-state index in [0.29, 0.717) is 11.1 Å². The van der Waals surface area contributed by atoms with Crippen molar-refractivity contribution in [1.29, 1.82) is 0 Å². The van der Waals surface area contributed by atoms with Gasteiger partial charge in [0.25, 0.3) is 0 Å². The first-order chi connectivity index (χ1) is 12.0. The zero-order valence-corrected chi connectivity index (χ0v) is 14.6. The van der Waals surface area contributed by atoms with Crippen molar-refractivity contribution in [3.05, 3.63) is 70.8 Å². The number of benzene rings is 2. The molecule has 0 heterocycles. The Morgan fingerprint density at radius 2 is 1.12 bits per heavy atom. The van der Waals surface area contributed by atoms with Crippen molar-refractivity contribution in [1.82, 2.24) is 0 Å². The summed E-state index contributed by atoms with van der Waals surface area (Å²) in [6.07, 6.45) is 2.33. The number of hydrogen-bond acceptors (Lipinski definition) is 2. The maximum Gasteiger partial charge on any atom is 0.335 e. The monoisotopic (exact) mass is 340 g/mol. The summed E-state index contributed by atoms with van der Waals surface area (Å²) >= 11 is 0. The lowest BCUT2D eigenvalue weighted by atomic mass is 9.80. The quantitative estimate of drug-likeness (QED) is 0.696. The van der Waals surface area contributed by atoms with Gasteiger partial charge < -0.3 is 10.2 Å². The molecule has 0 amide bonds. The Kier molecular flexibility index (Phi) is 6.34. The Hall–Kier alpha value is -2.62. The predicted molar refractivity (Wildman–Crippen MR) is 97.5 cm³/mol. The van der Waals surface area contributed by atoms with Crippen LogP contribution in [0.15, 0.2) is 48.5 Å². The molecule has 4 heteroatoms. The summed E-state index contributed by atoms with van der Waals surface area (Å²) in [6, 6.07) is 14.2. The minimum absolute atomic E-state index is 0.0686. The van der Waals surface area contributed by atoms with Crippen LogP contribution in [-0.2, 0) is 0 Å². The second-order valence-corrected chi connectivity index (χ2v) is 6.23. The Morgan fingerprint density at radius 3 is 1.44 bits per heavy atom. The van der Waals surface area contributed by atoms with Crippen molar-refractivity contribution in [3.63, 3.8) is 0 Å². The van der Waals surface area contributed by atoms with E-state index < -0.39 is 11.9 Å². The molecule has 0 aliphatic heterocycles. The number of aromatic carboxylic acids is 2. The van der Waals surface area contributed by atoms with Crippen LogP contribution in [0, 0.1) is 0 Å². The van der Waals surface area contributed by atoms with Crippen LogP contribution in [0.5, 0.6) is 0 Å². The van der Waals surface area contributed by atoms with E-state index in [4.69, 9.17) is 0 Å². The maximum atomic E-state index is 11.5. The highest BCUT2D eigenvalue weighted by atomic mass is 16.4. The highest BCUT2D eigenvalue weighted by molar-refractivity contribution is 5.90. The molecule has 0 saturated heterocycles. The Labute approximate surface area is 148 Å². The molecular weight excluding hydrogens is 316 g/mol. The molecule has 2 aromatic carbocycles. The van der Waals surface area contributed by atoms with E-state index >= 15 is 0 Å². The van der Waals surface area contributed by atoms with Crippen molar-refractivity contribution in [2.45, 2.75) is 44.9 Å². The first-order valence-corrected chi connectivity index (χ1v) is 8.63. The van der Waals surface area contributed by atoms with Gasteiger partial charge in [0, 0.05) is 0 Å². The normalized spacial score (nSPS) is 13.2. The number of carboxylic acids is 2. The van der Waals surface area contributed by atoms with Gasteiger partial charge in [-0.05, 0) is 54.4 Å². The SMILES string of the molecule is CCC(CC(CC)c1ccccc1C(=O)O)c1ccccc1C(=O)O. The first kappa shape index (κ1) is 18.7. The van der Waals surface area contributed by atoms with E-state index in [2.05, 4.69) is 0 Å². The van der Waals surface area contributed by atoms with Gasteiger partial charge in [-0.2, -0.15) is 0 Å². The lowest BCUT2D eigenvalue weighted by Gasteiger charge is -2.24. The summed E-state index contributed by atoms with van der Waals surface area (Å²) in [4.78, 5) is 23.1. The van der Waals surface area contributed by atoms with Crippen LogP contribution in [0.3, 0.4) is 0 Å². The van der Waals surface area contributed by atoms with E-state index in [1.54, 1.807) is 24.3 Å². The highest BCUT2D eigenvalue weighted by Crippen LogP contribution is 2.36. The lowest BCUT2D eigenvalue weighted by Crippen LogP contribution is -2.13. The Balaban J connectivity index is 2.38. The molecule has 2 unspecified atom stereocenters. The fourth-order valence-electron chi connectivity index (χ4n) is 3.47. The first-order valence-electron chi connectivity index (χ1n) is 8.63. The smallest absolute Gasteiger partial charge is 0.335 e. The number of carbonyl (C=O) groups is 2. The number of hydrogen-bond donors (Lipinski definition) is 2. The Bertz CT molecular complexity index is 688. The second-order valence-electron chi connectivity index (χ2n) is 6.23. The zero-order valence-electron chi connectivity index (χ0n) is 14.6. The summed E-state index contributed by atoms with van der Waals surface area (Å²) in [7, 11) is 0. The Morgan fingerprint density at radius 1 is 0.760 bits per heavy atom. The molecule has 132 valence electrons. The summed E-state index contributed by atoms with van der Waals surface area (Å²) in [6.45, 7) is 4.08. The maximum absolute atomic E-state index is 11.5. The van der Waals surface area contributed by atoms with Crippen LogP contribution in [0.4, 0.5) is 0 Å². The van der Waals surface area contributed by atoms with Gasteiger partial charge in [-0.1, -0.05) is 50.2 Å². The fraction of sp³-hybridized carbons (Fsp3) is 0.333. The van der Waals surface area contributed by atoms with Crippen LogP contribution in [0.2, 0.25) is 0 Å². The molecule has 0 radical (unpaired) electrons. The summed E-state index contributed by atoms with van der Waals surface area (Å²) in [5, 5.41) is 18.9. The van der Waals surface area contributed by atoms with E-state index in [1.165, 1.54) is 0 Å². The molecule has 0 saturated carbocycles. The van der Waals surface area contributed by atoms with Gasteiger partial charge in [-0.3, -0.25) is 0 Å². The number of rotatable bonds is 8. The molecule has 0 spiro atoms. The van der Waals surface area contributed by atoms with Gasteiger partial charge in [0.15, 0.2) is 0 Å². The summed E-state index contributed by atoms with van der Waals surface area (Å²) < 4.78 is 0. The molecular formula is C21H24O4.